The Hall–Kier alpha value is -4.84. The largest absolute Gasteiger partial charge is 0.478 e. The first-order chi connectivity index (χ1) is 19.2. The number of hydrogen-bond donors (Lipinski definition) is 2. The Morgan fingerprint density at radius 1 is 0.600 bits per heavy atom. The monoisotopic (exact) mass is 532 g/mol. The maximum absolute atomic E-state index is 12.8. The topological polar surface area (TPSA) is 109 Å². The van der Waals surface area contributed by atoms with E-state index in [4.69, 9.17) is 0 Å². The summed E-state index contributed by atoms with van der Waals surface area (Å²) in [5, 5.41) is 20.3. The lowest BCUT2D eigenvalue weighted by Gasteiger charge is -2.34. The summed E-state index contributed by atoms with van der Waals surface area (Å²) in [4.78, 5) is 50.3. The van der Waals surface area contributed by atoms with E-state index in [0.29, 0.717) is 17.5 Å². The predicted molar refractivity (Wildman–Crippen MR) is 152 cm³/mol. The van der Waals surface area contributed by atoms with Gasteiger partial charge in [0, 0.05) is 24.0 Å². The highest BCUT2D eigenvalue weighted by atomic mass is 16.4. The minimum absolute atomic E-state index is 0.103. The molecule has 0 unspecified atom stereocenters. The Bertz CT molecular complexity index is 1650. The average Bonchev–Trinajstić information content (AvgIpc) is 3.27. The number of carbonyl (C=O) groups excluding carboxylic acids is 2. The highest BCUT2D eigenvalue weighted by molar-refractivity contribution is 6.07. The van der Waals surface area contributed by atoms with Crippen LogP contribution in [0.5, 0.6) is 0 Å². The maximum atomic E-state index is 12.8. The summed E-state index contributed by atoms with van der Waals surface area (Å²) < 4.78 is 0. The van der Waals surface area contributed by atoms with Gasteiger partial charge in [0.05, 0.1) is 16.5 Å². The number of ketones is 2. The van der Waals surface area contributed by atoms with Gasteiger partial charge in [0.1, 0.15) is 0 Å². The van der Waals surface area contributed by atoms with Crippen molar-refractivity contribution in [3.63, 3.8) is 0 Å². The first-order valence-corrected chi connectivity index (χ1v) is 13.3. The number of Topliss-reactive ketones (excluding diaryl/α,β-unsaturated/α-hetero) is 2. The molecule has 0 aliphatic heterocycles. The zero-order valence-corrected chi connectivity index (χ0v) is 22.2. The standard InChI is InChI=1S/C34H28O6/c1-3-9-31(36)25-17-15-21(19-27(25)33(39)40)34(20-14-16-24(30(35)4-2)26(18-20)32(37)38)28-12-7-5-10-22(28)23-11-6-8-13-29(23)34/h5-8,10-19H,3-4,9H2,1-2H3,(H,37,38)(H,39,40). The van der Waals surface area contributed by atoms with Gasteiger partial charge in [-0.15, -0.1) is 0 Å². The molecule has 2 N–H and O–H groups in total. The van der Waals surface area contributed by atoms with Crippen LogP contribution in [-0.2, 0) is 5.41 Å². The van der Waals surface area contributed by atoms with Crippen LogP contribution >= 0.6 is 0 Å². The van der Waals surface area contributed by atoms with Crippen LogP contribution < -0.4 is 0 Å². The van der Waals surface area contributed by atoms with Gasteiger partial charge in [-0.2, -0.15) is 0 Å². The third kappa shape index (κ3) is 4.04. The summed E-state index contributed by atoms with van der Waals surface area (Å²) in [7, 11) is 0. The summed E-state index contributed by atoms with van der Waals surface area (Å²) in [6, 6.07) is 25.2. The zero-order valence-electron chi connectivity index (χ0n) is 22.2. The molecule has 4 aromatic carbocycles. The molecule has 5 rings (SSSR count). The van der Waals surface area contributed by atoms with Gasteiger partial charge in [0.15, 0.2) is 11.6 Å². The molecule has 40 heavy (non-hydrogen) atoms. The van der Waals surface area contributed by atoms with Gasteiger partial charge in [-0.3, -0.25) is 9.59 Å². The smallest absolute Gasteiger partial charge is 0.336 e. The van der Waals surface area contributed by atoms with E-state index in [1.807, 2.05) is 55.5 Å². The van der Waals surface area contributed by atoms with Crippen LogP contribution in [0.2, 0.25) is 0 Å². The molecular weight excluding hydrogens is 504 g/mol. The first-order valence-electron chi connectivity index (χ1n) is 13.3. The molecule has 4 aromatic rings. The molecule has 0 fully saturated rings. The van der Waals surface area contributed by atoms with E-state index in [1.165, 1.54) is 12.1 Å². The number of carbonyl (C=O) groups is 4. The van der Waals surface area contributed by atoms with Crippen LogP contribution in [-0.4, -0.2) is 33.7 Å². The molecule has 0 atom stereocenters. The average molecular weight is 533 g/mol. The number of rotatable bonds is 9. The molecule has 0 saturated heterocycles. The number of fused-ring (bicyclic) bond motifs is 3. The van der Waals surface area contributed by atoms with Crippen molar-refractivity contribution in [1.82, 2.24) is 0 Å². The van der Waals surface area contributed by atoms with E-state index in [0.717, 1.165) is 22.3 Å². The molecule has 0 aromatic heterocycles. The minimum Gasteiger partial charge on any atom is -0.478 e. The van der Waals surface area contributed by atoms with Crippen LogP contribution in [0.3, 0.4) is 0 Å². The Morgan fingerprint density at radius 3 is 1.48 bits per heavy atom. The first kappa shape index (κ1) is 26.8. The van der Waals surface area contributed by atoms with Crippen molar-refractivity contribution >= 4 is 23.5 Å². The Morgan fingerprint density at radius 2 is 1.05 bits per heavy atom. The third-order valence-electron chi connectivity index (χ3n) is 7.72. The van der Waals surface area contributed by atoms with Crippen LogP contribution in [0.25, 0.3) is 11.1 Å². The Balaban J connectivity index is 1.91. The number of carboxylic acid groups (broad SMARTS) is 2. The quantitative estimate of drug-likeness (QED) is 0.197. The van der Waals surface area contributed by atoms with E-state index in [1.54, 1.807) is 31.2 Å². The molecule has 0 amide bonds. The van der Waals surface area contributed by atoms with E-state index in [2.05, 4.69) is 0 Å². The Kier molecular flexibility index (Phi) is 6.94. The van der Waals surface area contributed by atoms with Crippen molar-refractivity contribution in [3.05, 3.63) is 129 Å². The van der Waals surface area contributed by atoms with Gasteiger partial charge in [-0.1, -0.05) is 86.6 Å². The second kappa shape index (κ2) is 10.4. The van der Waals surface area contributed by atoms with Crippen LogP contribution in [0, 0.1) is 0 Å². The van der Waals surface area contributed by atoms with Crippen LogP contribution in [0.1, 0.15) is 96.8 Å². The molecule has 200 valence electrons. The molecule has 0 heterocycles. The van der Waals surface area contributed by atoms with Gasteiger partial charge < -0.3 is 10.2 Å². The summed E-state index contributed by atoms with van der Waals surface area (Å²) in [6.07, 6.45) is 0.974. The normalized spacial score (nSPS) is 12.8. The lowest BCUT2D eigenvalue weighted by Crippen LogP contribution is -2.30. The molecule has 6 heteroatoms. The molecule has 0 radical (unpaired) electrons. The predicted octanol–water partition coefficient (Wildman–Crippen LogP) is 7.02. The molecule has 0 saturated carbocycles. The molecule has 6 nitrogen and oxygen atoms in total. The SMILES string of the molecule is CCCC(=O)c1ccc(C2(c3ccc(C(=O)CC)c(C(=O)O)c3)c3ccccc3-c3ccccc32)cc1C(=O)O. The molecule has 1 aliphatic carbocycles. The fourth-order valence-corrected chi connectivity index (χ4v) is 5.97. The van der Waals surface area contributed by atoms with Crippen molar-refractivity contribution < 1.29 is 29.4 Å². The lowest BCUT2D eigenvalue weighted by atomic mass is 9.66. The number of hydrogen-bond acceptors (Lipinski definition) is 4. The van der Waals surface area contributed by atoms with Crippen molar-refractivity contribution in [2.75, 3.05) is 0 Å². The van der Waals surface area contributed by atoms with Crippen molar-refractivity contribution in [2.45, 2.75) is 38.5 Å². The third-order valence-corrected chi connectivity index (χ3v) is 7.72. The van der Waals surface area contributed by atoms with Crippen molar-refractivity contribution in [1.29, 1.82) is 0 Å². The van der Waals surface area contributed by atoms with Crippen LogP contribution in [0.15, 0.2) is 84.9 Å². The fourth-order valence-electron chi connectivity index (χ4n) is 5.97. The van der Waals surface area contributed by atoms with Crippen molar-refractivity contribution in [2.24, 2.45) is 0 Å². The maximum Gasteiger partial charge on any atom is 0.336 e. The van der Waals surface area contributed by atoms with Gasteiger partial charge in [0.2, 0.25) is 0 Å². The highest BCUT2D eigenvalue weighted by Crippen LogP contribution is 2.56. The van der Waals surface area contributed by atoms with E-state index < -0.39 is 17.4 Å². The van der Waals surface area contributed by atoms with Gasteiger partial charge in [-0.05, 0) is 51.9 Å². The zero-order chi connectivity index (χ0) is 28.6. The van der Waals surface area contributed by atoms with Gasteiger partial charge in [0.25, 0.3) is 0 Å². The van der Waals surface area contributed by atoms with Crippen LogP contribution in [0.4, 0.5) is 0 Å². The minimum atomic E-state index is -1.22. The summed E-state index contributed by atoms with van der Waals surface area (Å²) in [6.45, 7) is 3.54. The lowest BCUT2D eigenvalue weighted by molar-refractivity contribution is 0.0683. The number of benzene rings is 4. The molecule has 0 bridgehead atoms. The van der Waals surface area contributed by atoms with E-state index in [9.17, 15) is 29.4 Å². The molecule has 1 aliphatic rings. The summed E-state index contributed by atoms with van der Waals surface area (Å²) in [5.41, 5.74) is 3.70. The molecule has 0 spiro atoms. The Labute approximate surface area is 231 Å². The van der Waals surface area contributed by atoms with Gasteiger partial charge >= 0.3 is 11.9 Å². The van der Waals surface area contributed by atoms with E-state index >= 15 is 0 Å². The summed E-state index contributed by atoms with van der Waals surface area (Å²) >= 11 is 0. The van der Waals surface area contributed by atoms with Gasteiger partial charge in [-0.25, -0.2) is 9.59 Å². The molecular formula is C34H28O6. The van der Waals surface area contributed by atoms with Crippen molar-refractivity contribution in [3.8, 4) is 11.1 Å². The number of aromatic carboxylic acids is 2. The summed E-state index contributed by atoms with van der Waals surface area (Å²) in [5.74, 6) is -2.97. The fraction of sp³-hybridized carbons (Fsp3) is 0.176. The number of carboxylic acids is 2. The second-order valence-corrected chi connectivity index (χ2v) is 9.92. The van der Waals surface area contributed by atoms with E-state index in [-0.39, 0.29) is 46.7 Å². The second-order valence-electron chi connectivity index (χ2n) is 9.92. The highest BCUT2D eigenvalue weighted by Gasteiger charge is 2.46.